The maximum Gasteiger partial charge on any atom is 0.336 e. The van der Waals surface area contributed by atoms with Crippen molar-refractivity contribution in [1.29, 1.82) is 0 Å². The Balaban J connectivity index is 1.81. The summed E-state index contributed by atoms with van der Waals surface area (Å²) in [7, 11) is 1.54. The van der Waals surface area contributed by atoms with E-state index in [9.17, 15) is 14.7 Å². The molecular formula is C28H26N2O5S. The lowest BCUT2D eigenvalue weighted by Crippen LogP contribution is -2.22. The number of hydrogen-bond acceptors (Lipinski definition) is 7. The first-order chi connectivity index (χ1) is 17.1. The van der Waals surface area contributed by atoms with E-state index in [2.05, 4.69) is 8.75 Å². The third-order valence-corrected chi connectivity index (χ3v) is 5.97. The minimum Gasteiger partial charge on any atom is -0.497 e. The van der Waals surface area contributed by atoms with Crippen molar-refractivity contribution in [2.45, 2.75) is 32.8 Å². The first kappa shape index (κ1) is 25.1. The Kier molecular flexibility index (Phi) is 7.17. The molecule has 36 heavy (non-hydrogen) atoms. The number of carboxylic acid groups (broad SMARTS) is 1. The SMILES string of the molecule is COc1ccc(C(=O)/C(Cc2ccc(OC(C)(C)C)cc2)=C(\C(=O)O)c2ccc3nsnc3c2)cc1. The van der Waals surface area contributed by atoms with Crippen LogP contribution in [0.15, 0.2) is 72.3 Å². The third kappa shape index (κ3) is 5.78. The number of ether oxygens (including phenoxy) is 2. The van der Waals surface area contributed by atoms with Crippen LogP contribution in [0.2, 0.25) is 0 Å². The van der Waals surface area contributed by atoms with Crippen LogP contribution in [0.1, 0.15) is 42.3 Å². The number of carbonyl (C=O) groups is 2. The molecule has 4 rings (SSSR count). The van der Waals surface area contributed by atoms with Gasteiger partial charge in [-0.05, 0) is 80.4 Å². The van der Waals surface area contributed by atoms with Crippen LogP contribution >= 0.6 is 11.7 Å². The van der Waals surface area contributed by atoms with E-state index in [-0.39, 0.29) is 29.0 Å². The normalized spacial score (nSPS) is 12.2. The van der Waals surface area contributed by atoms with Crippen molar-refractivity contribution in [1.82, 2.24) is 8.75 Å². The molecule has 0 saturated heterocycles. The number of ketones is 1. The number of aliphatic carboxylic acids is 1. The summed E-state index contributed by atoms with van der Waals surface area (Å²) >= 11 is 1.05. The van der Waals surface area contributed by atoms with Crippen LogP contribution in [0.4, 0.5) is 0 Å². The van der Waals surface area contributed by atoms with Gasteiger partial charge in [0.2, 0.25) is 0 Å². The second-order valence-corrected chi connectivity index (χ2v) is 9.75. The van der Waals surface area contributed by atoms with Gasteiger partial charge in [-0.25, -0.2) is 4.79 Å². The fourth-order valence-electron chi connectivity index (χ4n) is 3.80. The molecule has 4 aromatic rings. The first-order valence-corrected chi connectivity index (χ1v) is 12.0. The standard InChI is InChI=1S/C28H26N2O5S/c1-28(2,3)35-21-10-5-17(6-11-21)15-22(26(31)18-7-12-20(34-4)13-8-18)25(27(32)33)19-9-14-23-24(16-19)30-36-29-23/h5-14,16H,15H2,1-4H3,(H,32,33)/b25-22-. The minimum atomic E-state index is -1.19. The highest BCUT2D eigenvalue weighted by Gasteiger charge is 2.24. The summed E-state index contributed by atoms with van der Waals surface area (Å²) < 4.78 is 19.5. The molecule has 7 nitrogen and oxygen atoms in total. The van der Waals surface area contributed by atoms with Gasteiger partial charge in [0.15, 0.2) is 5.78 Å². The number of nitrogens with zero attached hydrogens (tertiary/aromatic N) is 2. The Morgan fingerprint density at radius 3 is 2.08 bits per heavy atom. The summed E-state index contributed by atoms with van der Waals surface area (Å²) in [4.78, 5) is 26.3. The molecule has 8 heteroatoms. The average Bonchev–Trinajstić information content (AvgIpc) is 3.31. The van der Waals surface area contributed by atoms with E-state index in [1.54, 1.807) is 49.6 Å². The number of rotatable bonds is 8. The molecule has 0 unspecified atom stereocenters. The monoisotopic (exact) mass is 502 g/mol. The van der Waals surface area contributed by atoms with Gasteiger partial charge in [-0.3, -0.25) is 4.79 Å². The minimum absolute atomic E-state index is 0.0688. The molecule has 0 saturated carbocycles. The molecule has 0 atom stereocenters. The van der Waals surface area contributed by atoms with Crippen molar-refractivity contribution < 1.29 is 24.2 Å². The molecule has 0 radical (unpaired) electrons. The van der Waals surface area contributed by atoms with Crippen molar-refractivity contribution in [3.05, 3.63) is 89.0 Å². The maximum atomic E-state index is 13.7. The molecule has 3 aromatic carbocycles. The number of aromatic nitrogens is 2. The lowest BCUT2D eigenvalue weighted by molar-refractivity contribution is -0.130. The molecule has 1 heterocycles. The number of methoxy groups -OCH3 is 1. The number of fused-ring (bicyclic) bond motifs is 1. The molecule has 0 fully saturated rings. The number of allylic oxidation sites excluding steroid dienone is 1. The fourth-order valence-corrected chi connectivity index (χ4v) is 4.31. The number of carboxylic acids is 1. The van der Waals surface area contributed by atoms with Gasteiger partial charge >= 0.3 is 5.97 Å². The number of Topliss-reactive ketones (excluding diaryl/α,β-unsaturated/α-hetero) is 1. The largest absolute Gasteiger partial charge is 0.497 e. The van der Waals surface area contributed by atoms with E-state index in [1.807, 2.05) is 45.0 Å². The first-order valence-electron chi connectivity index (χ1n) is 11.3. The molecule has 0 aliphatic rings. The quantitative estimate of drug-likeness (QED) is 0.239. The smallest absolute Gasteiger partial charge is 0.336 e. The summed E-state index contributed by atoms with van der Waals surface area (Å²) in [5.74, 6) is -0.270. The molecule has 0 spiro atoms. The van der Waals surface area contributed by atoms with Gasteiger partial charge in [0.1, 0.15) is 28.1 Å². The second-order valence-electron chi connectivity index (χ2n) is 9.22. The van der Waals surface area contributed by atoms with Crippen molar-refractivity contribution in [3.63, 3.8) is 0 Å². The predicted octanol–water partition coefficient (Wildman–Crippen LogP) is 5.84. The zero-order valence-electron chi connectivity index (χ0n) is 20.4. The van der Waals surface area contributed by atoms with Crippen LogP contribution in [0, 0.1) is 0 Å². The van der Waals surface area contributed by atoms with E-state index in [1.165, 1.54) is 0 Å². The van der Waals surface area contributed by atoms with Crippen LogP contribution in [0.3, 0.4) is 0 Å². The summed E-state index contributed by atoms with van der Waals surface area (Å²) in [6, 6.07) is 19.0. The van der Waals surface area contributed by atoms with Crippen LogP contribution in [0.5, 0.6) is 11.5 Å². The Morgan fingerprint density at radius 1 is 0.861 bits per heavy atom. The van der Waals surface area contributed by atoms with Crippen molar-refractivity contribution in [2.24, 2.45) is 0 Å². The van der Waals surface area contributed by atoms with Gasteiger partial charge < -0.3 is 14.6 Å². The van der Waals surface area contributed by atoms with Crippen LogP contribution < -0.4 is 9.47 Å². The van der Waals surface area contributed by atoms with Gasteiger partial charge in [0, 0.05) is 17.6 Å². The average molecular weight is 503 g/mol. The van der Waals surface area contributed by atoms with Crippen molar-refractivity contribution in [3.8, 4) is 11.5 Å². The zero-order chi connectivity index (χ0) is 25.9. The highest BCUT2D eigenvalue weighted by atomic mass is 32.1. The van der Waals surface area contributed by atoms with Crippen LogP contribution in [-0.4, -0.2) is 38.3 Å². The van der Waals surface area contributed by atoms with E-state index in [0.29, 0.717) is 33.7 Å². The molecular weight excluding hydrogens is 476 g/mol. The molecule has 184 valence electrons. The maximum absolute atomic E-state index is 13.7. The molecule has 0 amide bonds. The van der Waals surface area contributed by atoms with Gasteiger partial charge in [0.05, 0.1) is 24.4 Å². The topological polar surface area (TPSA) is 98.6 Å². The highest BCUT2D eigenvalue weighted by Crippen LogP contribution is 2.29. The summed E-state index contributed by atoms with van der Waals surface area (Å²) in [5.41, 5.74) is 2.54. The Morgan fingerprint density at radius 2 is 1.47 bits per heavy atom. The van der Waals surface area contributed by atoms with E-state index in [4.69, 9.17) is 9.47 Å². The predicted molar refractivity (Wildman–Crippen MR) is 140 cm³/mol. The summed E-state index contributed by atoms with van der Waals surface area (Å²) in [5, 5.41) is 10.3. The van der Waals surface area contributed by atoms with Crippen LogP contribution in [0.25, 0.3) is 16.6 Å². The number of carbonyl (C=O) groups excluding carboxylic acids is 1. The van der Waals surface area contributed by atoms with Crippen molar-refractivity contribution >= 4 is 40.1 Å². The highest BCUT2D eigenvalue weighted by molar-refractivity contribution is 7.00. The molecule has 0 bridgehead atoms. The Bertz CT molecular complexity index is 1430. The second kappa shape index (κ2) is 10.3. The molecule has 1 aromatic heterocycles. The molecule has 0 aliphatic heterocycles. The Labute approximate surface area is 213 Å². The lowest BCUT2D eigenvalue weighted by atomic mass is 9.89. The Hall–Kier alpha value is -4.04. The zero-order valence-corrected chi connectivity index (χ0v) is 21.3. The number of benzene rings is 3. The van der Waals surface area contributed by atoms with Crippen LogP contribution in [-0.2, 0) is 11.2 Å². The van der Waals surface area contributed by atoms with Gasteiger partial charge in [0.25, 0.3) is 0 Å². The third-order valence-electron chi connectivity index (χ3n) is 5.41. The summed E-state index contributed by atoms with van der Waals surface area (Å²) in [6.45, 7) is 5.88. The van der Waals surface area contributed by atoms with Gasteiger partial charge in [-0.15, -0.1) is 0 Å². The summed E-state index contributed by atoms with van der Waals surface area (Å²) in [6.07, 6.45) is 0.121. The lowest BCUT2D eigenvalue weighted by Gasteiger charge is -2.21. The van der Waals surface area contributed by atoms with Gasteiger partial charge in [-0.1, -0.05) is 18.2 Å². The fraction of sp³-hybridized carbons (Fsp3) is 0.214. The van der Waals surface area contributed by atoms with E-state index >= 15 is 0 Å². The number of hydrogen-bond donors (Lipinski definition) is 1. The van der Waals surface area contributed by atoms with E-state index in [0.717, 1.165) is 17.3 Å². The molecule has 0 aliphatic carbocycles. The van der Waals surface area contributed by atoms with E-state index < -0.39 is 5.97 Å². The van der Waals surface area contributed by atoms with Crippen molar-refractivity contribution in [2.75, 3.05) is 7.11 Å². The van der Waals surface area contributed by atoms with Gasteiger partial charge in [-0.2, -0.15) is 8.75 Å². The molecule has 1 N–H and O–H groups in total.